The van der Waals surface area contributed by atoms with Gasteiger partial charge in [-0.15, -0.1) is 0 Å². The van der Waals surface area contributed by atoms with Crippen molar-refractivity contribution in [2.24, 2.45) is 0 Å². The number of rotatable bonds is 5. The van der Waals surface area contributed by atoms with Gasteiger partial charge in [0.15, 0.2) is 0 Å². The highest BCUT2D eigenvalue weighted by atomic mass is 16.2. The van der Waals surface area contributed by atoms with Gasteiger partial charge in [-0.25, -0.2) is 0 Å². The van der Waals surface area contributed by atoms with Crippen LogP contribution in [0.25, 0.3) is 10.8 Å². The average Bonchev–Trinajstić information content (AvgIpc) is 2.65. The van der Waals surface area contributed by atoms with Crippen LogP contribution in [0.1, 0.15) is 38.7 Å². The molecule has 1 aliphatic rings. The molecule has 1 amide bonds. The summed E-state index contributed by atoms with van der Waals surface area (Å²) in [4.78, 5) is 21.5. The lowest BCUT2D eigenvalue weighted by Crippen LogP contribution is -2.49. The Morgan fingerprint density at radius 3 is 2.88 bits per heavy atom. The molecule has 0 N–H and O–H groups in total. The van der Waals surface area contributed by atoms with Crippen LogP contribution >= 0.6 is 0 Å². The molecule has 0 spiro atoms. The summed E-state index contributed by atoms with van der Waals surface area (Å²) in [6, 6.07) is 9.18. The second-order valence-corrected chi connectivity index (χ2v) is 7.18. The zero-order chi connectivity index (χ0) is 17.8. The van der Waals surface area contributed by atoms with Gasteiger partial charge in [0.05, 0.1) is 0 Å². The molecule has 134 valence electrons. The fraction of sp³-hybridized carbons (Fsp3) is 0.524. The fourth-order valence-electron chi connectivity index (χ4n) is 4.02. The van der Waals surface area contributed by atoms with Crippen molar-refractivity contribution in [1.82, 2.24) is 14.8 Å². The van der Waals surface area contributed by atoms with Crippen LogP contribution < -0.4 is 0 Å². The standard InChI is InChI=1S/C21H29N3O/c1-4-24-12-11-19(13-16(24)2)23(3)21(25)10-9-18-15-22-14-17-7-5-6-8-20(17)18/h5-8,14-16,19H,4,9-13H2,1-3H3. The number of likely N-dealkylation sites (tertiary alicyclic amines) is 1. The molecular weight excluding hydrogens is 310 g/mol. The van der Waals surface area contributed by atoms with Crippen LogP contribution in [-0.2, 0) is 11.2 Å². The number of aromatic nitrogens is 1. The van der Waals surface area contributed by atoms with Crippen LogP contribution in [-0.4, -0.2) is 52.9 Å². The number of nitrogens with zero attached hydrogens (tertiary/aromatic N) is 3. The second-order valence-electron chi connectivity index (χ2n) is 7.18. The number of carbonyl (C=O) groups is 1. The first-order valence-electron chi connectivity index (χ1n) is 9.41. The Kier molecular flexibility index (Phi) is 5.69. The molecule has 2 heterocycles. The number of benzene rings is 1. The number of piperidine rings is 1. The first-order chi connectivity index (χ1) is 12.1. The molecular formula is C21H29N3O. The van der Waals surface area contributed by atoms with Gasteiger partial charge in [0.25, 0.3) is 0 Å². The highest BCUT2D eigenvalue weighted by Gasteiger charge is 2.28. The van der Waals surface area contributed by atoms with Gasteiger partial charge in [-0.3, -0.25) is 9.78 Å². The van der Waals surface area contributed by atoms with E-state index >= 15 is 0 Å². The summed E-state index contributed by atoms with van der Waals surface area (Å²) in [5.41, 5.74) is 1.16. The molecule has 0 aliphatic carbocycles. The molecule has 4 heteroatoms. The zero-order valence-corrected chi connectivity index (χ0v) is 15.6. The van der Waals surface area contributed by atoms with Gasteiger partial charge < -0.3 is 9.80 Å². The lowest BCUT2D eigenvalue weighted by atomic mass is 9.96. The molecule has 1 aliphatic heterocycles. The Morgan fingerprint density at radius 2 is 2.12 bits per heavy atom. The van der Waals surface area contributed by atoms with Crippen LogP contribution in [0.4, 0.5) is 0 Å². The summed E-state index contributed by atoms with van der Waals surface area (Å²) < 4.78 is 0. The predicted molar refractivity (Wildman–Crippen MR) is 103 cm³/mol. The minimum Gasteiger partial charge on any atom is -0.343 e. The third-order valence-corrected chi connectivity index (χ3v) is 5.69. The van der Waals surface area contributed by atoms with Crippen molar-refractivity contribution in [2.75, 3.05) is 20.1 Å². The molecule has 2 aromatic rings. The monoisotopic (exact) mass is 339 g/mol. The lowest BCUT2D eigenvalue weighted by Gasteiger charge is -2.40. The summed E-state index contributed by atoms with van der Waals surface area (Å²) in [5.74, 6) is 0.245. The summed E-state index contributed by atoms with van der Waals surface area (Å²) in [7, 11) is 1.97. The SMILES string of the molecule is CCN1CCC(N(C)C(=O)CCc2cncc3ccccc23)CC1C. The Morgan fingerprint density at radius 1 is 1.32 bits per heavy atom. The maximum Gasteiger partial charge on any atom is 0.222 e. The highest BCUT2D eigenvalue weighted by Crippen LogP contribution is 2.22. The molecule has 2 atom stereocenters. The highest BCUT2D eigenvalue weighted by molar-refractivity contribution is 5.85. The third kappa shape index (κ3) is 4.01. The van der Waals surface area contributed by atoms with E-state index in [9.17, 15) is 4.79 Å². The summed E-state index contributed by atoms with van der Waals surface area (Å²) in [5, 5.41) is 2.35. The van der Waals surface area contributed by atoms with Crippen LogP contribution in [0.3, 0.4) is 0 Å². The Hall–Kier alpha value is -1.94. The predicted octanol–water partition coefficient (Wildman–Crippen LogP) is 3.50. The Balaban J connectivity index is 1.60. The Bertz CT molecular complexity index is 725. The quantitative estimate of drug-likeness (QED) is 0.836. The van der Waals surface area contributed by atoms with Crippen molar-refractivity contribution < 1.29 is 4.79 Å². The van der Waals surface area contributed by atoms with Gasteiger partial charge in [-0.2, -0.15) is 0 Å². The molecule has 1 aromatic carbocycles. The van der Waals surface area contributed by atoms with Gasteiger partial charge in [0.1, 0.15) is 0 Å². The molecule has 0 saturated carbocycles. The minimum atomic E-state index is 0.245. The summed E-state index contributed by atoms with van der Waals surface area (Å²) in [6.07, 6.45) is 7.24. The van der Waals surface area contributed by atoms with Gasteiger partial charge >= 0.3 is 0 Å². The number of aryl methyl sites for hydroxylation is 1. The molecule has 4 nitrogen and oxygen atoms in total. The Labute approximate surface area is 150 Å². The molecule has 25 heavy (non-hydrogen) atoms. The normalized spacial score (nSPS) is 21.4. The number of amides is 1. The van der Waals surface area contributed by atoms with Crippen molar-refractivity contribution in [3.05, 3.63) is 42.2 Å². The largest absolute Gasteiger partial charge is 0.343 e. The van der Waals surface area contributed by atoms with Gasteiger partial charge in [0.2, 0.25) is 5.91 Å². The molecule has 1 fully saturated rings. The first kappa shape index (κ1) is 17.9. The van der Waals surface area contributed by atoms with Crippen LogP contribution in [0.5, 0.6) is 0 Å². The molecule has 2 unspecified atom stereocenters. The van der Waals surface area contributed by atoms with Crippen molar-refractivity contribution in [3.8, 4) is 0 Å². The summed E-state index contributed by atoms with van der Waals surface area (Å²) >= 11 is 0. The number of hydrogen-bond donors (Lipinski definition) is 0. The smallest absolute Gasteiger partial charge is 0.222 e. The van der Waals surface area contributed by atoms with Crippen LogP contribution in [0.15, 0.2) is 36.7 Å². The summed E-state index contributed by atoms with van der Waals surface area (Å²) in [6.45, 7) is 6.67. The van der Waals surface area contributed by atoms with E-state index in [4.69, 9.17) is 0 Å². The molecule has 3 rings (SSSR count). The van der Waals surface area contributed by atoms with Crippen molar-refractivity contribution >= 4 is 16.7 Å². The van der Waals surface area contributed by atoms with E-state index in [0.717, 1.165) is 43.3 Å². The number of carbonyl (C=O) groups excluding carboxylic acids is 1. The van der Waals surface area contributed by atoms with E-state index in [-0.39, 0.29) is 5.91 Å². The molecule has 0 bridgehead atoms. The van der Waals surface area contributed by atoms with Gasteiger partial charge in [0, 0.05) is 49.9 Å². The average molecular weight is 339 g/mol. The topological polar surface area (TPSA) is 36.4 Å². The van der Waals surface area contributed by atoms with Gasteiger partial charge in [-0.1, -0.05) is 31.2 Å². The van der Waals surface area contributed by atoms with E-state index in [0.29, 0.717) is 18.5 Å². The molecule has 1 aromatic heterocycles. The molecule has 0 radical (unpaired) electrons. The maximum absolute atomic E-state index is 12.7. The van der Waals surface area contributed by atoms with Crippen molar-refractivity contribution in [2.45, 2.75) is 51.6 Å². The zero-order valence-electron chi connectivity index (χ0n) is 15.6. The minimum absolute atomic E-state index is 0.245. The van der Waals surface area contributed by atoms with E-state index in [2.05, 4.69) is 35.9 Å². The lowest BCUT2D eigenvalue weighted by molar-refractivity contribution is -0.133. The third-order valence-electron chi connectivity index (χ3n) is 5.69. The number of fused-ring (bicyclic) bond motifs is 1. The van der Waals surface area contributed by atoms with E-state index < -0.39 is 0 Å². The maximum atomic E-state index is 12.7. The second kappa shape index (κ2) is 7.96. The fourth-order valence-corrected chi connectivity index (χ4v) is 4.02. The number of hydrogen-bond acceptors (Lipinski definition) is 3. The van der Waals surface area contributed by atoms with E-state index in [1.54, 1.807) is 0 Å². The van der Waals surface area contributed by atoms with Crippen LogP contribution in [0, 0.1) is 0 Å². The van der Waals surface area contributed by atoms with Gasteiger partial charge in [-0.05, 0) is 43.7 Å². The van der Waals surface area contributed by atoms with Crippen molar-refractivity contribution in [1.29, 1.82) is 0 Å². The van der Waals surface area contributed by atoms with Crippen LogP contribution in [0.2, 0.25) is 0 Å². The van der Waals surface area contributed by atoms with Crippen molar-refractivity contribution in [3.63, 3.8) is 0 Å². The van der Waals surface area contributed by atoms with E-state index in [1.807, 2.05) is 36.5 Å². The van der Waals surface area contributed by atoms with E-state index in [1.165, 1.54) is 5.39 Å². The molecule has 1 saturated heterocycles. The first-order valence-corrected chi connectivity index (χ1v) is 9.41. The number of pyridine rings is 1.